The highest BCUT2D eigenvalue weighted by molar-refractivity contribution is 5.60. The number of halogens is 1. The van der Waals surface area contributed by atoms with Gasteiger partial charge in [0.2, 0.25) is 0 Å². The normalized spacial score (nSPS) is 15.0. The molecule has 3 rings (SSSR count). The number of ether oxygens (including phenoxy) is 2. The van der Waals surface area contributed by atoms with Crippen molar-refractivity contribution in [2.24, 2.45) is 4.99 Å². The number of hydrogen-bond acceptors (Lipinski definition) is 5. The van der Waals surface area contributed by atoms with Gasteiger partial charge < -0.3 is 14.4 Å². The van der Waals surface area contributed by atoms with Crippen LogP contribution in [0, 0.1) is 12.7 Å². The highest BCUT2D eigenvalue weighted by Gasteiger charge is 2.09. The van der Waals surface area contributed by atoms with Crippen molar-refractivity contribution in [3.8, 4) is 6.01 Å². The molecule has 6 nitrogen and oxygen atoms in total. The third kappa shape index (κ3) is 4.48. The number of aliphatic imine (C=N–C) groups is 1. The fourth-order valence-electron chi connectivity index (χ4n) is 2.16. The lowest BCUT2D eigenvalue weighted by atomic mass is 10.2. The molecule has 0 unspecified atom stereocenters. The number of aromatic nitrogens is 2. The van der Waals surface area contributed by atoms with Crippen LogP contribution in [0.15, 0.2) is 35.5 Å². The van der Waals surface area contributed by atoms with E-state index < -0.39 is 5.82 Å². The van der Waals surface area contributed by atoms with Gasteiger partial charge >= 0.3 is 6.01 Å². The minimum Gasteiger partial charge on any atom is -0.459 e. The Hall–Kier alpha value is -2.54. The molecule has 0 saturated carbocycles. The fourth-order valence-corrected chi connectivity index (χ4v) is 2.16. The van der Waals surface area contributed by atoms with Gasteiger partial charge in [-0.15, -0.1) is 0 Å². The van der Waals surface area contributed by atoms with Crippen molar-refractivity contribution in [1.82, 2.24) is 14.9 Å². The van der Waals surface area contributed by atoms with E-state index in [9.17, 15) is 4.39 Å². The molecule has 0 amide bonds. The zero-order chi connectivity index (χ0) is 16.8. The maximum Gasteiger partial charge on any atom is 0.318 e. The zero-order valence-electron chi connectivity index (χ0n) is 13.5. The Balaban J connectivity index is 1.64. The van der Waals surface area contributed by atoms with Crippen LogP contribution >= 0.6 is 0 Å². The molecule has 1 aromatic heterocycles. The molecule has 1 aliphatic heterocycles. The predicted molar refractivity (Wildman–Crippen MR) is 88.0 cm³/mol. The van der Waals surface area contributed by atoms with Crippen molar-refractivity contribution in [2.45, 2.75) is 13.5 Å². The van der Waals surface area contributed by atoms with Gasteiger partial charge in [-0.1, -0.05) is 29.8 Å². The first-order chi connectivity index (χ1) is 11.7. The summed E-state index contributed by atoms with van der Waals surface area (Å²) in [6, 6.07) is 8.04. The van der Waals surface area contributed by atoms with Gasteiger partial charge in [-0.05, 0) is 12.5 Å². The molecule has 1 aromatic carbocycles. The summed E-state index contributed by atoms with van der Waals surface area (Å²) in [5, 5.41) is 0. The van der Waals surface area contributed by atoms with Crippen LogP contribution in [0.2, 0.25) is 0 Å². The van der Waals surface area contributed by atoms with Gasteiger partial charge in [0, 0.05) is 13.1 Å². The van der Waals surface area contributed by atoms with Crippen LogP contribution in [-0.4, -0.2) is 47.5 Å². The number of nitrogens with zero attached hydrogens (tertiary/aromatic N) is 4. The van der Waals surface area contributed by atoms with Gasteiger partial charge in [0.15, 0.2) is 11.6 Å². The first kappa shape index (κ1) is 16.3. The molecule has 0 aliphatic carbocycles. The lowest BCUT2D eigenvalue weighted by molar-refractivity contribution is 0.0701. The van der Waals surface area contributed by atoms with Gasteiger partial charge in [-0.3, -0.25) is 0 Å². The largest absolute Gasteiger partial charge is 0.459 e. The molecule has 24 heavy (non-hydrogen) atoms. The average Bonchev–Trinajstić information content (AvgIpc) is 2.62. The molecule has 126 valence electrons. The van der Waals surface area contributed by atoms with E-state index in [1.165, 1.54) is 5.56 Å². The van der Waals surface area contributed by atoms with Crippen molar-refractivity contribution in [3.05, 3.63) is 47.4 Å². The Labute approximate surface area is 140 Å². The number of morpholine rings is 1. The van der Waals surface area contributed by atoms with Crippen molar-refractivity contribution in [2.75, 3.05) is 26.3 Å². The molecule has 1 fully saturated rings. The second-order valence-electron chi connectivity index (χ2n) is 5.49. The number of benzene rings is 1. The summed E-state index contributed by atoms with van der Waals surface area (Å²) < 4.78 is 24.6. The molecular weight excluding hydrogens is 311 g/mol. The van der Waals surface area contributed by atoms with Crippen LogP contribution in [0.3, 0.4) is 0 Å². The summed E-state index contributed by atoms with van der Waals surface area (Å²) in [5.74, 6) is -0.613. The van der Waals surface area contributed by atoms with E-state index in [1.807, 2.05) is 36.1 Å². The van der Waals surface area contributed by atoms with Gasteiger partial charge in [0.1, 0.15) is 6.61 Å². The van der Waals surface area contributed by atoms with E-state index in [1.54, 1.807) is 6.34 Å². The Bertz CT molecular complexity index is 700. The van der Waals surface area contributed by atoms with Gasteiger partial charge in [-0.25, -0.2) is 14.4 Å². The van der Waals surface area contributed by atoms with E-state index in [-0.39, 0.29) is 11.8 Å². The van der Waals surface area contributed by atoms with Gasteiger partial charge in [0.25, 0.3) is 0 Å². The average molecular weight is 330 g/mol. The zero-order valence-corrected chi connectivity index (χ0v) is 13.5. The smallest absolute Gasteiger partial charge is 0.318 e. The molecule has 0 radical (unpaired) electrons. The quantitative estimate of drug-likeness (QED) is 0.623. The van der Waals surface area contributed by atoms with E-state index in [2.05, 4.69) is 15.0 Å². The lowest BCUT2D eigenvalue weighted by Crippen LogP contribution is -2.35. The van der Waals surface area contributed by atoms with Crippen molar-refractivity contribution < 1.29 is 13.9 Å². The minimum absolute atomic E-state index is 0.0320. The second kappa shape index (κ2) is 7.83. The first-order valence-corrected chi connectivity index (χ1v) is 7.77. The number of rotatable bonds is 5. The standard InChI is InChI=1S/C17H19FN4O2/c1-13-2-4-14(5-3-13)11-24-17-19-10-15(18)16(21-17)20-12-22-6-8-23-9-7-22/h2-5,10,12H,6-9,11H2,1H3. The van der Waals surface area contributed by atoms with Gasteiger partial charge in [0.05, 0.1) is 25.7 Å². The summed E-state index contributed by atoms with van der Waals surface area (Å²) >= 11 is 0. The van der Waals surface area contributed by atoms with Crippen LogP contribution in [-0.2, 0) is 11.3 Å². The SMILES string of the molecule is Cc1ccc(COc2ncc(F)c(N=CN3CCOCC3)n2)cc1. The van der Waals surface area contributed by atoms with Crippen LogP contribution in [0.1, 0.15) is 11.1 Å². The van der Waals surface area contributed by atoms with E-state index >= 15 is 0 Å². The molecule has 2 aromatic rings. The molecule has 0 spiro atoms. The maximum absolute atomic E-state index is 13.8. The van der Waals surface area contributed by atoms with Crippen molar-refractivity contribution in [1.29, 1.82) is 0 Å². The molecule has 1 aliphatic rings. The summed E-state index contributed by atoms with van der Waals surface area (Å²) in [7, 11) is 0. The summed E-state index contributed by atoms with van der Waals surface area (Å²) in [6.45, 7) is 5.08. The first-order valence-electron chi connectivity index (χ1n) is 7.77. The highest BCUT2D eigenvalue weighted by Crippen LogP contribution is 2.17. The van der Waals surface area contributed by atoms with Crippen molar-refractivity contribution in [3.63, 3.8) is 0 Å². The molecule has 0 atom stereocenters. The Morgan fingerprint density at radius 1 is 1.29 bits per heavy atom. The number of hydrogen-bond donors (Lipinski definition) is 0. The molecular formula is C17H19FN4O2. The van der Waals surface area contributed by atoms with Crippen molar-refractivity contribution >= 4 is 12.2 Å². The summed E-state index contributed by atoms with van der Waals surface area (Å²) in [6.07, 6.45) is 2.65. The second-order valence-corrected chi connectivity index (χ2v) is 5.49. The van der Waals surface area contributed by atoms with Crippen LogP contribution in [0.25, 0.3) is 0 Å². The Morgan fingerprint density at radius 3 is 2.79 bits per heavy atom. The van der Waals surface area contributed by atoms with E-state index in [0.717, 1.165) is 24.8 Å². The summed E-state index contributed by atoms with van der Waals surface area (Å²) in [5.41, 5.74) is 2.17. The maximum atomic E-state index is 13.8. The Kier molecular flexibility index (Phi) is 5.32. The number of aryl methyl sites for hydroxylation is 1. The van der Waals surface area contributed by atoms with E-state index in [4.69, 9.17) is 9.47 Å². The Morgan fingerprint density at radius 2 is 2.04 bits per heavy atom. The molecule has 2 heterocycles. The monoisotopic (exact) mass is 330 g/mol. The van der Waals surface area contributed by atoms with Crippen LogP contribution in [0.5, 0.6) is 6.01 Å². The third-order valence-corrected chi connectivity index (χ3v) is 3.58. The fraction of sp³-hybridized carbons (Fsp3) is 0.353. The third-order valence-electron chi connectivity index (χ3n) is 3.58. The minimum atomic E-state index is -0.581. The van der Waals surface area contributed by atoms with Crippen LogP contribution in [0.4, 0.5) is 10.2 Å². The summed E-state index contributed by atoms with van der Waals surface area (Å²) in [4.78, 5) is 13.9. The lowest BCUT2D eigenvalue weighted by Gasteiger charge is -2.23. The predicted octanol–water partition coefficient (Wildman–Crippen LogP) is 2.50. The molecule has 0 bridgehead atoms. The van der Waals surface area contributed by atoms with Crippen LogP contribution < -0.4 is 4.74 Å². The van der Waals surface area contributed by atoms with Gasteiger partial charge in [-0.2, -0.15) is 4.98 Å². The molecule has 7 heteroatoms. The highest BCUT2D eigenvalue weighted by atomic mass is 19.1. The molecule has 0 N–H and O–H groups in total. The topological polar surface area (TPSA) is 59.8 Å². The van der Waals surface area contributed by atoms with E-state index in [0.29, 0.717) is 19.8 Å². The molecule has 1 saturated heterocycles.